The predicted octanol–water partition coefficient (Wildman–Crippen LogP) is 2.48. The van der Waals surface area contributed by atoms with Crippen molar-refractivity contribution in [2.45, 2.75) is 19.2 Å². The molecule has 2 rings (SSSR count). The number of hydrogen-bond donors (Lipinski definition) is 2. The molecule has 0 radical (unpaired) electrons. The van der Waals surface area contributed by atoms with Gasteiger partial charge in [-0.15, -0.1) is 11.3 Å². The summed E-state index contributed by atoms with van der Waals surface area (Å²) in [5.41, 5.74) is 6.17. The summed E-state index contributed by atoms with van der Waals surface area (Å²) < 4.78 is 26.6. The number of carbonyl (C=O) groups excluding carboxylic acids is 1. The van der Waals surface area contributed by atoms with Crippen LogP contribution in [-0.4, -0.2) is 19.3 Å². The SMILES string of the molecule is Cc1nc(CNS(=O)(=O)Cc2cc(Cl)cc(Cl)c2)sc1C(N)=O. The maximum atomic E-state index is 12.1. The summed E-state index contributed by atoms with van der Waals surface area (Å²) in [5, 5.41) is 1.19. The second kappa shape index (κ2) is 7.14. The van der Waals surface area contributed by atoms with E-state index in [0.29, 0.717) is 31.2 Å². The van der Waals surface area contributed by atoms with Gasteiger partial charge in [-0.05, 0) is 30.7 Å². The van der Waals surface area contributed by atoms with Crippen LogP contribution < -0.4 is 10.5 Å². The molecule has 0 spiro atoms. The zero-order chi connectivity index (χ0) is 17.2. The monoisotopic (exact) mass is 393 g/mol. The minimum Gasteiger partial charge on any atom is -0.365 e. The van der Waals surface area contributed by atoms with Gasteiger partial charge < -0.3 is 5.73 Å². The van der Waals surface area contributed by atoms with Crippen molar-refractivity contribution in [1.82, 2.24) is 9.71 Å². The van der Waals surface area contributed by atoms with Crippen molar-refractivity contribution in [3.8, 4) is 0 Å². The van der Waals surface area contributed by atoms with Gasteiger partial charge in [0.1, 0.15) is 9.88 Å². The topological polar surface area (TPSA) is 102 Å². The van der Waals surface area contributed by atoms with Crippen LogP contribution in [0.4, 0.5) is 0 Å². The Hall–Kier alpha value is -1.19. The van der Waals surface area contributed by atoms with Crippen LogP contribution in [0.25, 0.3) is 0 Å². The first kappa shape index (κ1) is 18.2. The molecule has 0 aliphatic heterocycles. The third kappa shape index (κ3) is 5.15. The Morgan fingerprint density at radius 3 is 2.43 bits per heavy atom. The van der Waals surface area contributed by atoms with E-state index in [-0.39, 0.29) is 12.3 Å². The highest BCUT2D eigenvalue weighted by Gasteiger charge is 2.16. The lowest BCUT2D eigenvalue weighted by Crippen LogP contribution is -2.24. The van der Waals surface area contributed by atoms with Gasteiger partial charge in [0.2, 0.25) is 10.0 Å². The van der Waals surface area contributed by atoms with E-state index in [4.69, 9.17) is 28.9 Å². The highest BCUT2D eigenvalue weighted by Crippen LogP contribution is 2.21. The lowest BCUT2D eigenvalue weighted by atomic mass is 10.2. The standard InChI is InChI=1S/C13H13Cl2N3O3S2/c1-7-12(13(16)19)22-11(18-7)5-17-23(20,21)6-8-2-9(14)4-10(15)3-8/h2-4,17H,5-6H2,1H3,(H2,16,19). The Labute approximate surface area is 147 Å². The minimum atomic E-state index is -3.61. The summed E-state index contributed by atoms with van der Waals surface area (Å²) >= 11 is 12.8. The lowest BCUT2D eigenvalue weighted by Gasteiger charge is -2.06. The van der Waals surface area contributed by atoms with E-state index in [1.807, 2.05) is 0 Å². The molecule has 0 saturated heterocycles. The fourth-order valence-electron chi connectivity index (χ4n) is 1.89. The van der Waals surface area contributed by atoms with E-state index in [0.717, 1.165) is 11.3 Å². The molecule has 10 heteroatoms. The van der Waals surface area contributed by atoms with Crippen LogP contribution in [-0.2, 0) is 22.3 Å². The molecule has 2 aromatic rings. The molecule has 0 atom stereocenters. The van der Waals surface area contributed by atoms with E-state index in [1.165, 1.54) is 18.2 Å². The van der Waals surface area contributed by atoms with Crippen molar-refractivity contribution in [3.63, 3.8) is 0 Å². The van der Waals surface area contributed by atoms with Gasteiger partial charge in [-0.3, -0.25) is 4.79 Å². The molecule has 1 aromatic carbocycles. The fraction of sp³-hybridized carbons (Fsp3) is 0.231. The number of halogens is 2. The van der Waals surface area contributed by atoms with E-state index >= 15 is 0 Å². The van der Waals surface area contributed by atoms with Gasteiger partial charge >= 0.3 is 0 Å². The Kier molecular flexibility index (Phi) is 5.64. The molecule has 0 fully saturated rings. The van der Waals surface area contributed by atoms with Crippen LogP contribution in [0.5, 0.6) is 0 Å². The Bertz CT molecular complexity index is 830. The maximum absolute atomic E-state index is 12.1. The molecule has 23 heavy (non-hydrogen) atoms. The van der Waals surface area contributed by atoms with Gasteiger partial charge in [-0.1, -0.05) is 23.2 Å². The van der Waals surface area contributed by atoms with Crippen molar-refractivity contribution in [3.05, 3.63) is 49.4 Å². The molecule has 0 aliphatic carbocycles. The molecule has 0 aliphatic rings. The summed E-state index contributed by atoms with van der Waals surface area (Å²) in [4.78, 5) is 15.6. The van der Waals surface area contributed by atoms with Gasteiger partial charge in [-0.25, -0.2) is 18.1 Å². The first-order valence-corrected chi connectivity index (χ1v) is 9.57. The average Bonchev–Trinajstić information content (AvgIpc) is 2.76. The molecular weight excluding hydrogens is 381 g/mol. The van der Waals surface area contributed by atoms with Crippen LogP contribution in [0.1, 0.15) is 25.9 Å². The second-order valence-corrected chi connectivity index (χ2v) is 8.51. The van der Waals surface area contributed by atoms with Crippen molar-refractivity contribution < 1.29 is 13.2 Å². The van der Waals surface area contributed by atoms with E-state index in [1.54, 1.807) is 6.92 Å². The summed E-state index contributed by atoms with van der Waals surface area (Å²) in [6.07, 6.45) is 0. The van der Waals surface area contributed by atoms with Crippen molar-refractivity contribution in [2.24, 2.45) is 5.73 Å². The zero-order valence-electron chi connectivity index (χ0n) is 12.0. The largest absolute Gasteiger partial charge is 0.365 e. The van der Waals surface area contributed by atoms with E-state index < -0.39 is 15.9 Å². The number of hydrogen-bond acceptors (Lipinski definition) is 5. The van der Waals surface area contributed by atoms with Crippen molar-refractivity contribution in [2.75, 3.05) is 0 Å². The molecular formula is C13H13Cl2N3O3S2. The molecule has 124 valence electrons. The Balaban J connectivity index is 2.07. The van der Waals surface area contributed by atoms with Crippen LogP contribution >= 0.6 is 34.5 Å². The number of sulfonamides is 1. The van der Waals surface area contributed by atoms with Crippen LogP contribution in [0, 0.1) is 6.92 Å². The maximum Gasteiger partial charge on any atom is 0.260 e. The molecule has 0 saturated carbocycles. The smallest absolute Gasteiger partial charge is 0.260 e. The number of thiazole rings is 1. The first-order valence-electron chi connectivity index (χ1n) is 6.35. The first-order chi connectivity index (χ1) is 10.7. The number of nitrogens with two attached hydrogens (primary N) is 1. The highest BCUT2D eigenvalue weighted by atomic mass is 35.5. The van der Waals surface area contributed by atoms with E-state index in [2.05, 4.69) is 9.71 Å². The number of amides is 1. The van der Waals surface area contributed by atoms with Gasteiger partial charge in [0, 0.05) is 10.0 Å². The predicted molar refractivity (Wildman–Crippen MR) is 91.3 cm³/mol. The van der Waals surface area contributed by atoms with Crippen LogP contribution in [0.2, 0.25) is 10.0 Å². The Morgan fingerprint density at radius 2 is 1.91 bits per heavy atom. The summed E-state index contributed by atoms with van der Waals surface area (Å²) in [5.74, 6) is -0.844. The molecule has 6 nitrogen and oxygen atoms in total. The van der Waals surface area contributed by atoms with Gasteiger partial charge in [-0.2, -0.15) is 0 Å². The average molecular weight is 394 g/mol. The number of primary amides is 1. The summed E-state index contributed by atoms with van der Waals surface area (Å²) in [7, 11) is -3.61. The molecule has 0 unspecified atom stereocenters. The highest BCUT2D eigenvalue weighted by molar-refractivity contribution is 7.88. The second-order valence-electron chi connectivity index (χ2n) is 4.74. The molecule has 0 bridgehead atoms. The van der Waals surface area contributed by atoms with E-state index in [9.17, 15) is 13.2 Å². The normalized spacial score (nSPS) is 11.6. The number of nitrogens with zero attached hydrogens (tertiary/aromatic N) is 1. The summed E-state index contributed by atoms with van der Waals surface area (Å²) in [6.45, 7) is 1.62. The van der Waals surface area contributed by atoms with Crippen molar-refractivity contribution in [1.29, 1.82) is 0 Å². The van der Waals surface area contributed by atoms with Gasteiger partial charge in [0.25, 0.3) is 5.91 Å². The molecule has 1 amide bonds. The minimum absolute atomic E-state index is 0.0184. The molecule has 1 heterocycles. The van der Waals surface area contributed by atoms with Gasteiger partial charge in [0.05, 0.1) is 18.0 Å². The third-order valence-corrected chi connectivity index (χ3v) is 5.69. The van der Waals surface area contributed by atoms with Crippen molar-refractivity contribution >= 4 is 50.5 Å². The molecule has 3 N–H and O–H groups in total. The number of nitrogens with one attached hydrogen (secondary N) is 1. The number of rotatable bonds is 6. The van der Waals surface area contributed by atoms with Crippen LogP contribution in [0.15, 0.2) is 18.2 Å². The lowest BCUT2D eigenvalue weighted by molar-refractivity contribution is 0.100. The number of aromatic nitrogens is 1. The third-order valence-electron chi connectivity index (χ3n) is 2.79. The fourth-order valence-corrected chi connectivity index (χ4v) is 4.48. The number of carbonyl (C=O) groups is 1. The van der Waals surface area contributed by atoms with Gasteiger partial charge in [0.15, 0.2) is 0 Å². The molecule has 1 aromatic heterocycles. The summed E-state index contributed by atoms with van der Waals surface area (Å²) in [6, 6.07) is 4.59. The quantitative estimate of drug-likeness (QED) is 0.786. The van der Waals surface area contributed by atoms with Crippen LogP contribution in [0.3, 0.4) is 0 Å². The number of benzene rings is 1. The Morgan fingerprint density at radius 1 is 1.30 bits per heavy atom. The number of aryl methyl sites for hydroxylation is 1. The zero-order valence-corrected chi connectivity index (χ0v) is 15.1.